The van der Waals surface area contributed by atoms with E-state index in [-0.39, 0.29) is 0 Å². The Hall–Kier alpha value is -0.470. The molecule has 0 radical (unpaired) electrons. The van der Waals surface area contributed by atoms with Gasteiger partial charge in [-0.15, -0.1) is 11.8 Å². The molecule has 3 atom stereocenters. The van der Waals surface area contributed by atoms with Crippen LogP contribution in [0.3, 0.4) is 0 Å². The molecule has 1 heterocycles. The van der Waals surface area contributed by atoms with Gasteiger partial charge in [0.15, 0.2) is 0 Å². The van der Waals surface area contributed by atoms with Crippen molar-refractivity contribution < 1.29 is 4.74 Å². The van der Waals surface area contributed by atoms with E-state index >= 15 is 0 Å². The predicted octanol–water partition coefficient (Wildman–Crippen LogP) is 3.35. The number of benzene rings is 1. The molecule has 80 valence electrons. The lowest BCUT2D eigenvalue weighted by atomic mass is 9.91. The zero-order chi connectivity index (χ0) is 10.1. The molecule has 2 fully saturated rings. The van der Waals surface area contributed by atoms with Crippen molar-refractivity contribution in [1.29, 1.82) is 0 Å². The highest BCUT2D eigenvalue weighted by molar-refractivity contribution is 7.99. The Morgan fingerprint density at radius 1 is 1.13 bits per heavy atom. The van der Waals surface area contributed by atoms with Crippen molar-refractivity contribution >= 4 is 11.8 Å². The van der Waals surface area contributed by atoms with Gasteiger partial charge in [0.25, 0.3) is 0 Å². The Bertz CT molecular complexity index is 325. The van der Waals surface area contributed by atoms with Crippen LogP contribution in [0.5, 0.6) is 0 Å². The predicted molar refractivity (Wildman–Crippen MR) is 63.2 cm³/mol. The van der Waals surface area contributed by atoms with Gasteiger partial charge in [-0.25, -0.2) is 0 Å². The molecule has 2 unspecified atom stereocenters. The fourth-order valence-corrected chi connectivity index (χ4v) is 3.45. The largest absolute Gasteiger partial charge is 0.370 e. The molecule has 0 N–H and O–H groups in total. The zero-order valence-electron chi connectivity index (χ0n) is 8.76. The summed E-state index contributed by atoms with van der Waals surface area (Å²) < 4.78 is 5.55. The molecule has 1 aromatic rings. The summed E-state index contributed by atoms with van der Waals surface area (Å²) >= 11 is 1.99. The first-order valence-corrected chi connectivity index (χ1v) is 6.74. The average molecular weight is 220 g/mol. The Labute approximate surface area is 95.2 Å². The minimum atomic E-state index is 0.625. The van der Waals surface area contributed by atoms with Crippen molar-refractivity contribution in [1.82, 2.24) is 0 Å². The van der Waals surface area contributed by atoms with Gasteiger partial charge in [-0.05, 0) is 37.3 Å². The van der Waals surface area contributed by atoms with Crippen LogP contribution in [-0.2, 0) is 4.74 Å². The second kappa shape index (κ2) is 4.18. The van der Waals surface area contributed by atoms with Gasteiger partial charge in [0, 0.05) is 10.6 Å². The molecule has 1 aliphatic carbocycles. The first kappa shape index (κ1) is 9.73. The summed E-state index contributed by atoms with van der Waals surface area (Å²) in [6.45, 7) is 0. The van der Waals surface area contributed by atoms with E-state index < -0.39 is 0 Å². The summed E-state index contributed by atoms with van der Waals surface area (Å²) in [6, 6.07) is 10.7. The third kappa shape index (κ3) is 2.37. The smallest absolute Gasteiger partial charge is 0.0844 e. The monoisotopic (exact) mass is 220 g/mol. The molecule has 2 heteroatoms. The molecule has 0 amide bonds. The second-order valence-electron chi connectivity index (χ2n) is 4.52. The van der Waals surface area contributed by atoms with Crippen molar-refractivity contribution in [3.05, 3.63) is 30.3 Å². The van der Waals surface area contributed by atoms with Crippen LogP contribution in [0.2, 0.25) is 0 Å². The van der Waals surface area contributed by atoms with Crippen LogP contribution in [0.4, 0.5) is 0 Å². The average Bonchev–Trinajstić information content (AvgIpc) is 3.06. The molecule has 2 aliphatic rings. The van der Waals surface area contributed by atoms with Crippen molar-refractivity contribution in [3.63, 3.8) is 0 Å². The maximum atomic E-state index is 5.55. The first-order chi connectivity index (χ1) is 7.42. The third-order valence-corrected chi connectivity index (χ3v) is 4.59. The van der Waals surface area contributed by atoms with Gasteiger partial charge >= 0.3 is 0 Å². The van der Waals surface area contributed by atoms with E-state index in [1.165, 1.54) is 29.9 Å². The van der Waals surface area contributed by atoms with Crippen molar-refractivity contribution in [2.45, 2.75) is 36.4 Å². The first-order valence-electron chi connectivity index (χ1n) is 5.75. The number of hydrogen-bond acceptors (Lipinski definition) is 2. The maximum absolute atomic E-state index is 5.55. The van der Waals surface area contributed by atoms with Crippen LogP contribution in [0, 0.1) is 5.92 Å². The molecule has 0 spiro atoms. The lowest BCUT2D eigenvalue weighted by Crippen LogP contribution is -2.15. The molecule has 3 rings (SSSR count). The quantitative estimate of drug-likeness (QED) is 0.572. The minimum Gasteiger partial charge on any atom is -0.370 e. The van der Waals surface area contributed by atoms with Crippen LogP contribution in [0.1, 0.15) is 19.3 Å². The summed E-state index contributed by atoms with van der Waals surface area (Å²) in [5, 5.41) is 0. The van der Waals surface area contributed by atoms with E-state index in [2.05, 4.69) is 30.3 Å². The van der Waals surface area contributed by atoms with Crippen LogP contribution in [0.15, 0.2) is 35.2 Å². The SMILES string of the molecule is c1ccc(SC[C@H]2CCC3OC3C2)cc1. The summed E-state index contributed by atoms with van der Waals surface area (Å²) in [4.78, 5) is 1.40. The Morgan fingerprint density at radius 3 is 2.80 bits per heavy atom. The minimum absolute atomic E-state index is 0.625. The van der Waals surface area contributed by atoms with Gasteiger partial charge < -0.3 is 4.74 Å². The van der Waals surface area contributed by atoms with Crippen molar-refractivity contribution in [3.8, 4) is 0 Å². The molecule has 1 saturated heterocycles. The fraction of sp³-hybridized carbons (Fsp3) is 0.538. The van der Waals surface area contributed by atoms with Gasteiger partial charge in [0.05, 0.1) is 12.2 Å². The normalized spacial score (nSPS) is 33.5. The fourth-order valence-electron chi connectivity index (χ4n) is 2.37. The summed E-state index contributed by atoms with van der Waals surface area (Å²) in [5.74, 6) is 2.13. The number of fused-ring (bicyclic) bond motifs is 1. The number of epoxide rings is 1. The topological polar surface area (TPSA) is 12.5 Å². The molecule has 0 aromatic heterocycles. The molecule has 1 aromatic carbocycles. The molecule has 0 bridgehead atoms. The summed E-state index contributed by atoms with van der Waals surface area (Å²) in [6.07, 6.45) is 5.22. The Balaban J connectivity index is 1.49. The van der Waals surface area contributed by atoms with Gasteiger partial charge in [-0.1, -0.05) is 18.2 Å². The van der Waals surface area contributed by atoms with Crippen LogP contribution in [-0.4, -0.2) is 18.0 Å². The molecule has 1 saturated carbocycles. The van der Waals surface area contributed by atoms with Crippen LogP contribution >= 0.6 is 11.8 Å². The number of thioether (sulfide) groups is 1. The van der Waals surface area contributed by atoms with Crippen molar-refractivity contribution in [2.24, 2.45) is 5.92 Å². The highest BCUT2D eigenvalue weighted by atomic mass is 32.2. The summed E-state index contributed by atoms with van der Waals surface area (Å²) in [7, 11) is 0. The van der Waals surface area contributed by atoms with Crippen LogP contribution in [0.25, 0.3) is 0 Å². The lowest BCUT2D eigenvalue weighted by Gasteiger charge is -2.18. The highest BCUT2D eigenvalue weighted by Gasteiger charge is 2.43. The van der Waals surface area contributed by atoms with E-state index in [0.717, 1.165) is 5.92 Å². The highest BCUT2D eigenvalue weighted by Crippen LogP contribution is 2.41. The molecule has 15 heavy (non-hydrogen) atoms. The Morgan fingerprint density at radius 2 is 2.00 bits per heavy atom. The van der Waals surface area contributed by atoms with E-state index in [1.807, 2.05) is 11.8 Å². The zero-order valence-corrected chi connectivity index (χ0v) is 9.58. The molecular formula is C13H16OS. The van der Waals surface area contributed by atoms with E-state index in [9.17, 15) is 0 Å². The van der Waals surface area contributed by atoms with Gasteiger partial charge in [-0.2, -0.15) is 0 Å². The standard InChI is InChI=1S/C13H16OS/c1-2-4-11(5-3-1)15-9-10-6-7-12-13(8-10)14-12/h1-5,10,12-13H,6-9H2/t10-,12?,13?/m0/s1. The maximum Gasteiger partial charge on any atom is 0.0844 e. The van der Waals surface area contributed by atoms with E-state index in [0.29, 0.717) is 12.2 Å². The molecule has 1 nitrogen and oxygen atoms in total. The lowest BCUT2D eigenvalue weighted by molar-refractivity contribution is 0.368. The number of rotatable bonds is 3. The van der Waals surface area contributed by atoms with E-state index in [1.54, 1.807) is 0 Å². The number of ether oxygens (including phenoxy) is 1. The van der Waals surface area contributed by atoms with Crippen molar-refractivity contribution in [2.75, 3.05) is 5.75 Å². The Kier molecular flexibility index (Phi) is 2.72. The van der Waals surface area contributed by atoms with Gasteiger partial charge in [0.2, 0.25) is 0 Å². The second-order valence-corrected chi connectivity index (χ2v) is 5.61. The van der Waals surface area contributed by atoms with Gasteiger partial charge in [-0.3, -0.25) is 0 Å². The number of hydrogen-bond donors (Lipinski definition) is 0. The molecular weight excluding hydrogens is 204 g/mol. The molecule has 1 aliphatic heterocycles. The van der Waals surface area contributed by atoms with Gasteiger partial charge in [0.1, 0.15) is 0 Å². The third-order valence-electron chi connectivity index (χ3n) is 3.34. The van der Waals surface area contributed by atoms with Crippen LogP contribution < -0.4 is 0 Å². The summed E-state index contributed by atoms with van der Waals surface area (Å²) in [5.41, 5.74) is 0. The van der Waals surface area contributed by atoms with E-state index in [4.69, 9.17) is 4.74 Å².